The summed E-state index contributed by atoms with van der Waals surface area (Å²) in [6.45, 7) is 4.72. The third kappa shape index (κ3) is 5.11. The van der Waals surface area contributed by atoms with Crippen LogP contribution in [0, 0.1) is 0 Å². The van der Waals surface area contributed by atoms with Gasteiger partial charge in [0.25, 0.3) is 0 Å². The number of unbranched alkanes of at least 4 members (excludes halogenated alkanes) is 1. The fraction of sp³-hybridized carbons (Fsp3) is 0.333. The summed E-state index contributed by atoms with van der Waals surface area (Å²) in [5, 5.41) is 9.00. The molecule has 1 N–H and O–H groups in total. The van der Waals surface area contributed by atoms with E-state index in [2.05, 4.69) is 80.6 Å². The van der Waals surface area contributed by atoms with Crippen LogP contribution in [-0.2, 0) is 19.3 Å². The Balaban J connectivity index is 1.82. The summed E-state index contributed by atoms with van der Waals surface area (Å²) in [7, 11) is 0. The molecule has 1 nitrogen and oxygen atoms in total. The Morgan fingerprint density at radius 2 is 1.21 bits per heavy atom. The largest absolute Gasteiger partial charge is 0.396 e. The van der Waals surface area contributed by atoms with Gasteiger partial charge in [-0.05, 0) is 71.0 Å². The predicted octanol–water partition coefficient (Wildman–Crippen LogP) is 6.85. The average Bonchev–Trinajstić information content (AvgIpc) is 2.76. The summed E-state index contributed by atoms with van der Waals surface area (Å²) < 4.78 is 0. The van der Waals surface area contributed by atoms with E-state index in [1.165, 1.54) is 58.2 Å². The van der Waals surface area contributed by atoms with E-state index in [1.54, 1.807) is 0 Å². The van der Waals surface area contributed by atoms with Gasteiger partial charge >= 0.3 is 0 Å². The van der Waals surface area contributed by atoms with Crippen molar-refractivity contribution < 1.29 is 5.11 Å². The molecule has 0 radical (unpaired) electrons. The van der Waals surface area contributed by atoms with E-state index in [9.17, 15) is 0 Å². The molecule has 1 heteroatoms. The molecule has 0 amide bonds. The van der Waals surface area contributed by atoms with Crippen LogP contribution in [0.5, 0.6) is 0 Å². The minimum Gasteiger partial charge on any atom is -0.396 e. The molecule has 0 saturated carbocycles. The van der Waals surface area contributed by atoms with Crippen LogP contribution >= 0.6 is 0 Å². The summed E-state index contributed by atoms with van der Waals surface area (Å²) in [6, 6.07) is 24.7. The molecule has 28 heavy (non-hydrogen) atoms. The maximum Gasteiger partial charge on any atom is 0.0434 e. The zero-order valence-corrected chi connectivity index (χ0v) is 17.2. The fourth-order valence-corrected chi connectivity index (χ4v) is 3.73. The van der Waals surface area contributed by atoms with Crippen molar-refractivity contribution >= 4 is 0 Å². The van der Waals surface area contributed by atoms with Crippen LogP contribution in [0.3, 0.4) is 0 Å². The molecule has 146 valence electrons. The van der Waals surface area contributed by atoms with Gasteiger partial charge in [-0.3, -0.25) is 0 Å². The number of hydrogen-bond donors (Lipinski definition) is 1. The maximum atomic E-state index is 9.00. The van der Waals surface area contributed by atoms with E-state index >= 15 is 0 Å². The summed E-state index contributed by atoms with van der Waals surface area (Å²) in [5.41, 5.74) is 9.28. The zero-order chi connectivity index (χ0) is 19.8. The van der Waals surface area contributed by atoms with Gasteiger partial charge in [-0.2, -0.15) is 0 Å². The Kier molecular flexibility index (Phi) is 7.45. The number of rotatable bonds is 9. The first-order chi connectivity index (χ1) is 13.7. The second-order valence-electron chi connectivity index (χ2n) is 7.55. The van der Waals surface area contributed by atoms with Gasteiger partial charge in [0, 0.05) is 6.61 Å². The topological polar surface area (TPSA) is 20.2 Å². The highest BCUT2D eigenvalue weighted by Gasteiger charge is 2.07. The molecule has 0 aliphatic heterocycles. The summed E-state index contributed by atoms with van der Waals surface area (Å²) in [4.78, 5) is 0. The Bertz CT molecular complexity index is 860. The van der Waals surface area contributed by atoms with E-state index in [0.717, 1.165) is 19.3 Å². The van der Waals surface area contributed by atoms with Crippen molar-refractivity contribution in [3.8, 4) is 22.3 Å². The number of aliphatic hydroxyl groups excluding tert-OH is 1. The van der Waals surface area contributed by atoms with Crippen molar-refractivity contribution in [2.75, 3.05) is 6.61 Å². The molecule has 0 spiro atoms. The van der Waals surface area contributed by atoms with Crippen molar-refractivity contribution in [2.24, 2.45) is 0 Å². The van der Waals surface area contributed by atoms with Crippen LogP contribution in [0.15, 0.2) is 66.7 Å². The number of benzene rings is 3. The highest BCUT2D eigenvalue weighted by Crippen LogP contribution is 2.30. The third-order valence-electron chi connectivity index (χ3n) is 5.48. The first kappa shape index (κ1) is 20.4. The Morgan fingerprint density at radius 1 is 0.643 bits per heavy atom. The Morgan fingerprint density at radius 3 is 1.79 bits per heavy atom. The molecule has 0 fully saturated rings. The van der Waals surface area contributed by atoms with Crippen LogP contribution in [0.1, 0.15) is 49.8 Å². The molecule has 3 aromatic carbocycles. The van der Waals surface area contributed by atoms with Gasteiger partial charge in [-0.1, -0.05) is 87.0 Å². The second kappa shape index (κ2) is 10.2. The Labute approximate surface area is 170 Å². The van der Waals surface area contributed by atoms with Gasteiger partial charge in [0.1, 0.15) is 0 Å². The third-order valence-corrected chi connectivity index (χ3v) is 5.48. The smallest absolute Gasteiger partial charge is 0.0434 e. The zero-order valence-electron chi connectivity index (χ0n) is 17.2. The molecule has 0 aromatic heterocycles. The molecule has 0 aliphatic carbocycles. The molecular formula is C27H32O. The van der Waals surface area contributed by atoms with Crippen LogP contribution in [-0.4, -0.2) is 11.7 Å². The first-order valence-electron chi connectivity index (χ1n) is 10.7. The minimum absolute atomic E-state index is 0.253. The van der Waals surface area contributed by atoms with Gasteiger partial charge in [0.2, 0.25) is 0 Å². The quantitative estimate of drug-likeness (QED) is 0.435. The Hall–Kier alpha value is -2.38. The molecule has 0 unspecified atom stereocenters. The van der Waals surface area contributed by atoms with Gasteiger partial charge in [-0.15, -0.1) is 0 Å². The molecule has 3 aromatic rings. The number of aryl methyl sites for hydroxylation is 3. The van der Waals surface area contributed by atoms with Crippen molar-refractivity contribution in [3.05, 3.63) is 83.4 Å². The van der Waals surface area contributed by atoms with Crippen molar-refractivity contribution in [3.63, 3.8) is 0 Å². The standard InChI is InChI=1S/C27H32O/c1-3-5-7-21-9-13-24(14-10-21)26-17-18-27(23(4-2)20-26)25-15-11-22(12-16-25)8-6-19-28/h9-18,20,28H,3-8,19H2,1-2H3. The summed E-state index contributed by atoms with van der Waals surface area (Å²) >= 11 is 0. The molecule has 0 saturated heterocycles. The van der Waals surface area contributed by atoms with Crippen molar-refractivity contribution in [2.45, 2.75) is 52.4 Å². The summed E-state index contributed by atoms with van der Waals surface area (Å²) in [5.74, 6) is 0. The monoisotopic (exact) mass is 372 g/mol. The van der Waals surface area contributed by atoms with E-state index in [4.69, 9.17) is 5.11 Å². The minimum atomic E-state index is 0.253. The van der Waals surface area contributed by atoms with E-state index in [1.807, 2.05) is 0 Å². The molecule has 0 heterocycles. The van der Waals surface area contributed by atoms with Crippen LogP contribution < -0.4 is 0 Å². The van der Waals surface area contributed by atoms with Crippen molar-refractivity contribution in [1.82, 2.24) is 0 Å². The summed E-state index contributed by atoms with van der Waals surface area (Å²) in [6.07, 6.45) is 6.45. The maximum absolute atomic E-state index is 9.00. The van der Waals surface area contributed by atoms with Crippen LogP contribution in [0.2, 0.25) is 0 Å². The number of hydrogen-bond acceptors (Lipinski definition) is 1. The lowest BCUT2D eigenvalue weighted by Gasteiger charge is -2.12. The van der Waals surface area contributed by atoms with Gasteiger partial charge in [-0.25, -0.2) is 0 Å². The van der Waals surface area contributed by atoms with E-state index < -0.39 is 0 Å². The van der Waals surface area contributed by atoms with Gasteiger partial charge in [0.15, 0.2) is 0 Å². The van der Waals surface area contributed by atoms with E-state index in [-0.39, 0.29) is 6.61 Å². The SMILES string of the molecule is CCCCc1ccc(-c2ccc(-c3ccc(CCCO)cc3)c(CC)c2)cc1. The number of aliphatic hydroxyl groups is 1. The van der Waals surface area contributed by atoms with Crippen LogP contribution in [0.4, 0.5) is 0 Å². The lowest BCUT2D eigenvalue weighted by molar-refractivity contribution is 0.288. The van der Waals surface area contributed by atoms with Crippen LogP contribution in [0.25, 0.3) is 22.3 Å². The highest BCUT2D eigenvalue weighted by molar-refractivity contribution is 5.74. The first-order valence-corrected chi connectivity index (χ1v) is 10.7. The predicted molar refractivity (Wildman–Crippen MR) is 121 cm³/mol. The molecule has 0 bridgehead atoms. The van der Waals surface area contributed by atoms with Gasteiger partial charge in [0.05, 0.1) is 0 Å². The molecule has 3 rings (SSSR count). The lowest BCUT2D eigenvalue weighted by Crippen LogP contribution is -1.92. The highest BCUT2D eigenvalue weighted by atomic mass is 16.2. The molecule has 0 atom stereocenters. The molecule has 0 aliphatic rings. The van der Waals surface area contributed by atoms with Crippen molar-refractivity contribution in [1.29, 1.82) is 0 Å². The average molecular weight is 373 g/mol. The normalized spacial score (nSPS) is 11.0. The fourth-order valence-electron chi connectivity index (χ4n) is 3.73. The second-order valence-corrected chi connectivity index (χ2v) is 7.55. The van der Waals surface area contributed by atoms with Gasteiger partial charge < -0.3 is 5.11 Å². The van der Waals surface area contributed by atoms with E-state index in [0.29, 0.717) is 0 Å². The lowest BCUT2D eigenvalue weighted by atomic mass is 9.92. The molecular weight excluding hydrogens is 340 g/mol.